The number of hydrogen-bond acceptors (Lipinski definition) is 0. The number of aryl methyl sites for hydroxylation is 2. The molecular weight excluding hydrogens is 799 g/mol. The molecule has 56 heavy (non-hydrogen) atoms. The van der Waals surface area contributed by atoms with Crippen LogP contribution in [0, 0.1) is 42.7 Å². The first-order valence-corrected chi connectivity index (χ1v) is 21.0. The molecule has 0 N–H and O–H groups in total. The van der Waals surface area contributed by atoms with Gasteiger partial charge < -0.3 is 24.8 Å². The second kappa shape index (κ2) is 16.8. The van der Waals surface area contributed by atoms with Crippen molar-refractivity contribution in [2.45, 2.75) is 114 Å². The Bertz CT molecular complexity index is 2100. The Balaban J connectivity index is 0.000000232. The summed E-state index contributed by atoms with van der Waals surface area (Å²) < 4.78 is 1.42. The molecule has 0 bridgehead atoms. The third-order valence-electron chi connectivity index (χ3n) is 11.4. The molecule has 0 spiro atoms. The molecule has 0 radical (unpaired) electrons. The van der Waals surface area contributed by atoms with Crippen molar-refractivity contribution in [1.29, 1.82) is 0 Å². The first-order chi connectivity index (χ1) is 25.0. The fourth-order valence-electron chi connectivity index (χ4n) is 8.30. The van der Waals surface area contributed by atoms with E-state index in [9.17, 15) is 0 Å². The molecule has 4 aromatic rings. The van der Waals surface area contributed by atoms with Crippen LogP contribution >= 0.6 is 0 Å². The molecule has 4 aliphatic carbocycles. The van der Waals surface area contributed by atoms with Gasteiger partial charge in [0.15, 0.2) is 0 Å². The van der Waals surface area contributed by atoms with Crippen LogP contribution in [0.15, 0.2) is 96.6 Å². The average Bonchev–Trinajstić information content (AvgIpc) is 3.80. The maximum Gasteiger partial charge on any atom is -1.00 e. The van der Waals surface area contributed by atoms with E-state index in [-0.39, 0.29) is 46.5 Å². The van der Waals surface area contributed by atoms with Crippen molar-refractivity contribution in [2.75, 3.05) is 0 Å². The molecule has 4 aliphatic rings. The Morgan fingerprint density at radius 2 is 1.14 bits per heavy atom. The number of halogens is 2. The van der Waals surface area contributed by atoms with Crippen LogP contribution in [-0.4, -0.2) is 3.21 Å². The molecule has 0 fully saturated rings. The largest absolute Gasteiger partial charge is 1.00 e. The van der Waals surface area contributed by atoms with Crippen molar-refractivity contribution in [3.05, 3.63) is 164 Å². The third kappa shape index (κ3) is 9.54. The van der Waals surface area contributed by atoms with Crippen LogP contribution in [0.5, 0.6) is 0 Å². The van der Waals surface area contributed by atoms with Crippen molar-refractivity contribution in [2.24, 2.45) is 16.7 Å². The van der Waals surface area contributed by atoms with Crippen molar-refractivity contribution >= 4 is 14.4 Å². The van der Waals surface area contributed by atoms with E-state index in [4.69, 9.17) is 0 Å². The molecule has 1 atom stereocenters. The smallest absolute Gasteiger partial charge is 1.00 e. The molecule has 0 saturated carbocycles. The van der Waals surface area contributed by atoms with Crippen LogP contribution < -0.4 is 24.8 Å². The molecular formula is C53H60Cl2Zr-2. The number of fused-ring (bicyclic) bond motifs is 5. The molecule has 0 amide bonds. The van der Waals surface area contributed by atoms with Crippen molar-refractivity contribution in [3.8, 4) is 11.1 Å². The van der Waals surface area contributed by atoms with Gasteiger partial charge in [0.1, 0.15) is 0 Å². The first-order valence-electron chi connectivity index (χ1n) is 19.8. The Morgan fingerprint density at radius 1 is 0.661 bits per heavy atom. The Morgan fingerprint density at radius 3 is 1.55 bits per heavy atom. The van der Waals surface area contributed by atoms with E-state index in [1.165, 1.54) is 111 Å². The maximum absolute atomic E-state index is 3.85. The van der Waals surface area contributed by atoms with Gasteiger partial charge in [-0.3, -0.25) is 12.2 Å². The van der Waals surface area contributed by atoms with E-state index in [1.807, 2.05) is 6.08 Å². The molecule has 8 rings (SSSR count). The van der Waals surface area contributed by atoms with Crippen LogP contribution in [0.1, 0.15) is 139 Å². The summed E-state index contributed by atoms with van der Waals surface area (Å²) in [6.07, 6.45) is 14.8. The minimum absolute atomic E-state index is 0. The summed E-state index contributed by atoms with van der Waals surface area (Å²) in [5.74, 6) is 0.556. The summed E-state index contributed by atoms with van der Waals surface area (Å²) in [4.78, 5) is 0. The second-order valence-corrected chi connectivity index (χ2v) is 20.5. The summed E-state index contributed by atoms with van der Waals surface area (Å²) in [7, 11) is 0. The predicted molar refractivity (Wildman–Crippen MR) is 231 cm³/mol. The van der Waals surface area contributed by atoms with Crippen LogP contribution in [0.25, 0.3) is 22.3 Å². The third-order valence-corrected chi connectivity index (χ3v) is 12.8. The van der Waals surface area contributed by atoms with Crippen molar-refractivity contribution in [3.63, 3.8) is 0 Å². The normalized spacial score (nSPS) is 17.6. The zero-order chi connectivity index (χ0) is 39.5. The van der Waals surface area contributed by atoms with Gasteiger partial charge in [-0.2, -0.15) is 11.6 Å². The van der Waals surface area contributed by atoms with Gasteiger partial charge in [0.25, 0.3) is 0 Å². The SMILES string of the molecule is CC(C)(C)C1=[C-]C(C)(C)c2cc3c(cc21)-c1cc2c(cc1C3)C(C)(C)C=C2C(C)(C)C.CC1=CC(C)[C-]=C1.Cc1ccc([C](=[Zr+2])c2ccc(C)cc2)cc1.[Cl-].[Cl-]. The maximum atomic E-state index is 3.85. The summed E-state index contributed by atoms with van der Waals surface area (Å²) >= 11 is 1.46. The molecule has 292 valence electrons. The summed E-state index contributed by atoms with van der Waals surface area (Å²) in [6, 6.07) is 27.5. The van der Waals surface area contributed by atoms with Gasteiger partial charge in [-0.1, -0.05) is 106 Å². The number of allylic oxidation sites excluding steroid dienone is 8. The molecule has 1 unspecified atom stereocenters. The summed E-state index contributed by atoms with van der Waals surface area (Å²) in [5, 5.41) is 0. The van der Waals surface area contributed by atoms with E-state index in [2.05, 4.69) is 194 Å². The standard InChI is InChI=1S/C31H37.C15H14.C7H9.2ClH.Zr/c1-28(2,3)26-16-30(7,8)24-12-18-11-19-13-25-23(15-21(19)20(18)14-22(24)26)27(29(4,5)6)17-31(25,9)10;1-12-3-7-14(8-4-12)11-15-9-5-13(2)6-10-15;1-6-3-4-7(2)5-6;;;/h12-16H,11H2,1-10H3;3-10H,1-2H3;3,5,7H,1-2H3;2*1H;/q-1;;-1;;;+2/p-2. The Kier molecular flexibility index (Phi) is 13.8. The van der Waals surface area contributed by atoms with E-state index >= 15 is 0 Å². The predicted octanol–water partition coefficient (Wildman–Crippen LogP) is 7.87. The summed E-state index contributed by atoms with van der Waals surface area (Å²) in [6.45, 7) is 31.8. The minimum Gasteiger partial charge on any atom is -1.00 e. The monoisotopic (exact) mass is 856 g/mol. The van der Waals surface area contributed by atoms with Crippen LogP contribution in [0.4, 0.5) is 0 Å². The second-order valence-electron chi connectivity index (χ2n) is 19.3. The van der Waals surface area contributed by atoms with Crippen LogP contribution in [0.2, 0.25) is 0 Å². The molecule has 0 heterocycles. The van der Waals surface area contributed by atoms with Crippen LogP contribution in [-0.2, 0) is 41.5 Å². The fourth-order valence-corrected chi connectivity index (χ4v) is 9.12. The van der Waals surface area contributed by atoms with Crippen molar-refractivity contribution in [1.82, 2.24) is 0 Å². The van der Waals surface area contributed by atoms with Gasteiger partial charge in [-0.05, 0) is 62.3 Å². The van der Waals surface area contributed by atoms with Gasteiger partial charge in [0.05, 0.1) is 0 Å². The van der Waals surface area contributed by atoms with E-state index in [1.54, 1.807) is 0 Å². The fraction of sp³-hybridized carbons (Fsp3) is 0.377. The Labute approximate surface area is 367 Å². The van der Waals surface area contributed by atoms with Gasteiger partial charge in [0.2, 0.25) is 0 Å². The zero-order valence-corrected chi connectivity index (χ0v) is 40.2. The van der Waals surface area contributed by atoms with E-state index in [0.717, 1.165) is 6.42 Å². The number of rotatable bonds is 2. The molecule has 0 nitrogen and oxygen atoms in total. The molecule has 3 heteroatoms. The van der Waals surface area contributed by atoms with Gasteiger partial charge in [-0.15, -0.1) is 18.6 Å². The molecule has 0 aromatic heterocycles. The van der Waals surface area contributed by atoms with Crippen molar-refractivity contribution < 1.29 is 49.0 Å². The number of hydrogen-bond donors (Lipinski definition) is 0. The van der Waals surface area contributed by atoms with Crippen LogP contribution in [0.3, 0.4) is 0 Å². The Hall–Kier alpha value is -2.83. The number of benzene rings is 4. The van der Waals surface area contributed by atoms with E-state index in [0.29, 0.717) is 5.92 Å². The average molecular weight is 859 g/mol. The van der Waals surface area contributed by atoms with E-state index < -0.39 is 0 Å². The van der Waals surface area contributed by atoms with Gasteiger partial charge >= 0.3 is 112 Å². The first kappa shape index (κ1) is 45.9. The van der Waals surface area contributed by atoms with Gasteiger partial charge in [0, 0.05) is 5.41 Å². The molecule has 0 saturated heterocycles. The topological polar surface area (TPSA) is 0 Å². The van der Waals surface area contributed by atoms with Gasteiger partial charge in [-0.25, -0.2) is 17.2 Å². The zero-order valence-electron chi connectivity index (χ0n) is 36.2. The quantitative estimate of drug-likeness (QED) is 0.159. The molecule has 0 aliphatic heterocycles. The molecule has 4 aromatic carbocycles. The minimum atomic E-state index is -0.0202. The summed E-state index contributed by atoms with van der Waals surface area (Å²) in [5.41, 5.74) is 21.6.